The first kappa shape index (κ1) is 16.3. The van der Waals surface area contributed by atoms with Crippen molar-refractivity contribution in [2.24, 2.45) is 0 Å². The highest BCUT2D eigenvalue weighted by atomic mass is 79.9. The van der Waals surface area contributed by atoms with E-state index in [2.05, 4.69) is 15.9 Å². The van der Waals surface area contributed by atoms with Crippen LogP contribution >= 0.6 is 27.5 Å². The summed E-state index contributed by atoms with van der Waals surface area (Å²) in [6.45, 7) is 0. The number of benzene rings is 2. The van der Waals surface area contributed by atoms with E-state index in [-0.39, 0.29) is 10.8 Å². The molecular weight excluding hydrogens is 380 g/mol. The molecule has 0 aromatic heterocycles. The zero-order valence-corrected chi connectivity index (χ0v) is 15.2. The van der Waals surface area contributed by atoms with Crippen molar-refractivity contribution in [2.75, 3.05) is 14.2 Å². The van der Waals surface area contributed by atoms with Crippen LogP contribution < -0.4 is 9.47 Å². The van der Waals surface area contributed by atoms with Gasteiger partial charge in [0.25, 0.3) is 0 Å². The van der Waals surface area contributed by atoms with Crippen LogP contribution in [0.15, 0.2) is 34.8 Å². The molecule has 0 spiro atoms. The molecule has 1 aliphatic rings. The molecular formula is C18H16BrClO3. The molecule has 0 radical (unpaired) electrons. The Hall–Kier alpha value is -1.52. The third-order valence-corrected chi connectivity index (χ3v) is 4.97. The lowest BCUT2D eigenvalue weighted by atomic mass is 10.0. The van der Waals surface area contributed by atoms with Crippen LogP contribution in [0.4, 0.5) is 0 Å². The highest BCUT2D eigenvalue weighted by Crippen LogP contribution is 2.44. The van der Waals surface area contributed by atoms with Crippen LogP contribution in [-0.2, 0) is 0 Å². The molecule has 0 unspecified atom stereocenters. The van der Waals surface area contributed by atoms with Crippen molar-refractivity contribution < 1.29 is 14.3 Å². The SMILES string of the molecule is COc1c(Br)cc(C(=O)c2ccc(C3CC3)cc2)c(Cl)c1OC. The van der Waals surface area contributed by atoms with Gasteiger partial charge < -0.3 is 9.47 Å². The summed E-state index contributed by atoms with van der Waals surface area (Å²) in [5.41, 5.74) is 2.28. The molecule has 3 rings (SSSR count). The van der Waals surface area contributed by atoms with Crippen LogP contribution in [0.2, 0.25) is 5.02 Å². The molecule has 0 N–H and O–H groups in total. The molecule has 2 aromatic carbocycles. The van der Waals surface area contributed by atoms with Gasteiger partial charge in [-0.1, -0.05) is 35.9 Å². The van der Waals surface area contributed by atoms with Crippen LogP contribution in [0.5, 0.6) is 11.5 Å². The number of carbonyl (C=O) groups excluding carboxylic acids is 1. The minimum atomic E-state index is -0.140. The monoisotopic (exact) mass is 394 g/mol. The Morgan fingerprint density at radius 3 is 2.26 bits per heavy atom. The molecule has 0 amide bonds. The van der Waals surface area contributed by atoms with Crippen molar-refractivity contribution in [2.45, 2.75) is 18.8 Å². The fourth-order valence-corrected chi connectivity index (χ4v) is 3.48. The second-order valence-electron chi connectivity index (χ2n) is 5.51. The predicted octanol–water partition coefficient (Wildman–Crippen LogP) is 5.23. The van der Waals surface area contributed by atoms with Crippen LogP contribution in [-0.4, -0.2) is 20.0 Å². The number of carbonyl (C=O) groups is 1. The largest absolute Gasteiger partial charge is 0.492 e. The fraction of sp³-hybridized carbons (Fsp3) is 0.278. The normalized spacial score (nSPS) is 13.7. The maximum atomic E-state index is 12.8. The fourth-order valence-electron chi connectivity index (χ4n) is 2.60. The Morgan fingerprint density at radius 1 is 1.13 bits per heavy atom. The van der Waals surface area contributed by atoms with Crippen molar-refractivity contribution in [3.8, 4) is 11.5 Å². The average Bonchev–Trinajstić information content (AvgIpc) is 3.40. The van der Waals surface area contributed by atoms with E-state index in [4.69, 9.17) is 21.1 Å². The third kappa shape index (κ3) is 3.10. The maximum Gasteiger partial charge on any atom is 0.194 e. The molecule has 1 fully saturated rings. The van der Waals surface area contributed by atoms with E-state index in [0.717, 1.165) is 0 Å². The van der Waals surface area contributed by atoms with E-state index in [1.165, 1.54) is 32.6 Å². The summed E-state index contributed by atoms with van der Waals surface area (Å²) in [4.78, 5) is 12.8. The summed E-state index contributed by atoms with van der Waals surface area (Å²) in [5, 5.41) is 0.254. The standard InChI is InChI=1S/C18H16BrClO3/c1-22-17-14(19)9-13(15(20)18(17)23-2)16(21)12-7-5-11(6-8-12)10-3-4-10/h5-10H,3-4H2,1-2H3. The van der Waals surface area contributed by atoms with Crippen molar-refractivity contribution >= 4 is 33.3 Å². The van der Waals surface area contributed by atoms with E-state index in [1.54, 1.807) is 6.07 Å². The number of halogens is 2. The summed E-state index contributed by atoms with van der Waals surface area (Å²) in [6, 6.07) is 9.43. The molecule has 1 saturated carbocycles. The smallest absolute Gasteiger partial charge is 0.194 e. The first-order chi connectivity index (χ1) is 11.1. The minimum Gasteiger partial charge on any atom is -0.492 e. The number of methoxy groups -OCH3 is 2. The molecule has 0 atom stereocenters. The molecule has 0 aliphatic heterocycles. The van der Waals surface area contributed by atoms with Crippen LogP contribution in [0.1, 0.15) is 40.2 Å². The Kier molecular flexibility index (Phi) is 4.64. The molecule has 1 aliphatic carbocycles. The van der Waals surface area contributed by atoms with E-state index in [0.29, 0.717) is 33.0 Å². The van der Waals surface area contributed by atoms with Crippen LogP contribution in [0.3, 0.4) is 0 Å². The van der Waals surface area contributed by atoms with E-state index >= 15 is 0 Å². The lowest BCUT2D eigenvalue weighted by Gasteiger charge is -2.14. The Bertz CT molecular complexity index is 752. The first-order valence-electron chi connectivity index (χ1n) is 7.31. The van der Waals surface area contributed by atoms with Gasteiger partial charge in [0.1, 0.15) is 0 Å². The van der Waals surface area contributed by atoms with Gasteiger partial charge >= 0.3 is 0 Å². The minimum absolute atomic E-state index is 0.140. The quantitative estimate of drug-likeness (QED) is 0.650. The van der Waals surface area contributed by atoms with Crippen molar-refractivity contribution in [3.05, 3.63) is 56.5 Å². The van der Waals surface area contributed by atoms with E-state index in [1.807, 2.05) is 24.3 Å². The van der Waals surface area contributed by atoms with Crippen molar-refractivity contribution in [1.82, 2.24) is 0 Å². The van der Waals surface area contributed by atoms with Crippen molar-refractivity contribution in [1.29, 1.82) is 0 Å². The van der Waals surface area contributed by atoms with Gasteiger partial charge in [-0.2, -0.15) is 0 Å². The van der Waals surface area contributed by atoms with Crippen LogP contribution in [0, 0.1) is 0 Å². The average molecular weight is 396 g/mol. The molecule has 3 nitrogen and oxygen atoms in total. The van der Waals surface area contributed by atoms with E-state index in [9.17, 15) is 4.79 Å². The predicted molar refractivity (Wildman–Crippen MR) is 94.1 cm³/mol. The zero-order chi connectivity index (χ0) is 16.6. The van der Waals surface area contributed by atoms with Gasteiger partial charge in [0.15, 0.2) is 17.3 Å². The molecule has 23 heavy (non-hydrogen) atoms. The highest BCUT2D eigenvalue weighted by molar-refractivity contribution is 9.10. The van der Waals surface area contributed by atoms with Gasteiger partial charge in [-0.25, -0.2) is 0 Å². The summed E-state index contributed by atoms with van der Waals surface area (Å²) in [6.07, 6.45) is 2.48. The molecule has 120 valence electrons. The summed E-state index contributed by atoms with van der Waals surface area (Å²) >= 11 is 9.75. The number of hydrogen-bond acceptors (Lipinski definition) is 3. The van der Waals surface area contributed by atoms with Gasteiger partial charge in [0.05, 0.1) is 23.7 Å². The number of rotatable bonds is 5. The molecule has 5 heteroatoms. The Morgan fingerprint density at radius 2 is 1.74 bits per heavy atom. The van der Waals surface area contributed by atoms with Gasteiger partial charge in [-0.3, -0.25) is 4.79 Å². The van der Waals surface area contributed by atoms with Crippen molar-refractivity contribution in [3.63, 3.8) is 0 Å². The number of hydrogen-bond donors (Lipinski definition) is 0. The summed E-state index contributed by atoms with van der Waals surface area (Å²) in [5.74, 6) is 1.34. The lowest BCUT2D eigenvalue weighted by Crippen LogP contribution is -2.05. The topological polar surface area (TPSA) is 35.5 Å². The Labute approximate surface area is 148 Å². The first-order valence-corrected chi connectivity index (χ1v) is 8.48. The summed E-state index contributed by atoms with van der Waals surface area (Å²) in [7, 11) is 3.02. The zero-order valence-electron chi connectivity index (χ0n) is 12.9. The number of ether oxygens (including phenoxy) is 2. The van der Waals surface area contributed by atoms with Gasteiger partial charge in [0.2, 0.25) is 0 Å². The van der Waals surface area contributed by atoms with Gasteiger partial charge in [0, 0.05) is 11.1 Å². The molecule has 0 bridgehead atoms. The van der Waals surface area contributed by atoms with E-state index < -0.39 is 0 Å². The molecule has 2 aromatic rings. The maximum absolute atomic E-state index is 12.8. The van der Waals surface area contributed by atoms with Gasteiger partial charge in [-0.15, -0.1) is 0 Å². The molecule has 0 saturated heterocycles. The second kappa shape index (κ2) is 6.54. The van der Waals surface area contributed by atoms with Crippen LogP contribution in [0.25, 0.3) is 0 Å². The number of ketones is 1. The molecule has 0 heterocycles. The lowest BCUT2D eigenvalue weighted by molar-refractivity contribution is 0.103. The third-order valence-electron chi connectivity index (χ3n) is 4.00. The highest BCUT2D eigenvalue weighted by Gasteiger charge is 2.25. The van der Waals surface area contributed by atoms with Gasteiger partial charge in [-0.05, 0) is 46.3 Å². The summed E-state index contributed by atoms with van der Waals surface area (Å²) < 4.78 is 11.2. The Balaban J connectivity index is 1.99. The second-order valence-corrected chi connectivity index (χ2v) is 6.74.